The monoisotopic (exact) mass is 274 g/mol. The number of hydrogen-bond acceptors (Lipinski definition) is 8. The SMILES string of the molecule is N#CC(C#N)=NNc1cc([N+](=O)[O-])ccc1NCCO. The highest BCUT2D eigenvalue weighted by molar-refractivity contribution is 6.10. The average Bonchev–Trinajstić information content (AvgIpc) is 2.46. The Morgan fingerprint density at radius 1 is 1.40 bits per heavy atom. The van der Waals surface area contributed by atoms with Gasteiger partial charge in [-0.2, -0.15) is 15.6 Å². The minimum atomic E-state index is -0.583. The van der Waals surface area contributed by atoms with Gasteiger partial charge in [-0.3, -0.25) is 15.5 Å². The van der Waals surface area contributed by atoms with Crippen LogP contribution in [0.15, 0.2) is 23.3 Å². The molecule has 1 rings (SSSR count). The van der Waals surface area contributed by atoms with E-state index in [4.69, 9.17) is 15.6 Å². The number of non-ortho nitro benzene ring substituents is 1. The Hall–Kier alpha value is -3.17. The Bertz CT molecular complexity index is 598. The van der Waals surface area contributed by atoms with Crippen LogP contribution in [0.3, 0.4) is 0 Å². The van der Waals surface area contributed by atoms with Crippen LogP contribution in [0.1, 0.15) is 0 Å². The van der Waals surface area contributed by atoms with Crippen molar-refractivity contribution in [2.45, 2.75) is 0 Å². The first-order valence-electron chi connectivity index (χ1n) is 5.39. The molecule has 0 aromatic heterocycles. The third-order valence-electron chi connectivity index (χ3n) is 2.14. The van der Waals surface area contributed by atoms with Crippen LogP contribution < -0.4 is 10.7 Å². The lowest BCUT2D eigenvalue weighted by Gasteiger charge is -2.10. The van der Waals surface area contributed by atoms with Crippen molar-refractivity contribution >= 4 is 22.8 Å². The average molecular weight is 274 g/mol. The minimum Gasteiger partial charge on any atom is -0.395 e. The topological polar surface area (TPSA) is 147 Å². The molecule has 0 spiro atoms. The summed E-state index contributed by atoms with van der Waals surface area (Å²) in [5.41, 5.74) is 2.49. The number of anilines is 2. The molecule has 20 heavy (non-hydrogen) atoms. The molecule has 0 aliphatic rings. The fourth-order valence-electron chi connectivity index (χ4n) is 1.27. The minimum absolute atomic E-state index is 0.124. The molecule has 1 aromatic rings. The second-order valence-corrected chi connectivity index (χ2v) is 3.43. The van der Waals surface area contributed by atoms with Crippen molar-refractivity contribution in [2.75, 3.05) is 23.9 Å². The Morgan fingerprint density at radius 2 is 2.10 bits per heavy atom. The zero-order valence-corrected chi connectivity index (χ0v) is 10.2. The number of rotatable bonds is 6. The number of aliphatic hydroxyl groups is 1. The molecule has 0 saturated carbocycles. The highest BCUT2D eigenvalue weighted by Gasteiger charge is 2.10. The van der Waals surface area contributed by atoms with Crippen molar-refractivity contribution in [1.82, 2.24) is 0 Å². The molecule has 102 valence electrons. The molecule has 1 aromatic carbocycles. The lowest BCUT2D eigenvalue weighted by molar-refractivity contribution is -0.384. The maximum Gasteiger partial charge on any atom is 0.271 e. The number of hydrogen-bond donors (Lipinski definition) is 3. The van der Waals surface area contributed by atoms with Gasteiger partial charge in [0.2, 0.25) is 5.71 Å². The van der Waals surface area contributed by atoms with E-state index in [9.17, 15) is 10.1 Å². The summed E-state index contributed by atoms with van der Waals surface area (Å²) in [7, 11) is 0. The van der Waals surface area contributed by atoms with E-state index < -0.39 is 10.6 Å². The largest absolute Gasteiger partial charge is 0.395 e. The molecule has 0 radical (unpaired) electrons. The standard InChI is InChI=1S/C11H10N6O3/c12-6-8(7-13)15-16-11-5-9(17(19)20)1-2-10(11)14-3-4-18/h1-2,5,14,16,18H,3-4H2. The first kappa shape index (κ1) is 14.9. The molecule has 0 bridgehead atoms. The molecular formula is C11H10N6O3. The molecule has 0 heterocycles. The third kappa shape index (κ3) is 3.94. The van der Waals surface area contributed by atoms with E-state index in [1.165, 1.54) is 18.2 Å². The van der Waals surface area contributed by atoms with Gasteiger partial charge in [-0.25, -0.2) is 0 Å². The molecule has 0 aliphatic carbocycles. The van der Waals surface area contributed by atoms with E-state index in [1.54, 1.807) is 12.1 Å². The van der Waals surface area contributed by atoms with E-state index in [-0.39, 0.29) is 24.5 Å². The van der Waals surface area contributed by atoms with E-state index in [0.717, 1.165) is 0 Å². The van der Waals surface area contributed by atoms with Gasteiger partial charge in [0.25, 0.3) is 5.69 Å². The number of nitro groups is 1. The van der Waals surface area contributed by atoms with Gasteiger partial charge in [-0.05, 0) is 6.07 Å². The summed E-state index contributed by atoms with van der Waals surface area (Å²) in [5, 5.41) is 42.9. The second kappa shape index (κ2) is 7.31. The van der Waals surface area contributed by atoms with E-state index in [2.05, 4.69) is 15.8 Å². The molecular weight excluding hydrogens is 264 g/mol. The number of hydrazone groups is 1. The zero-order chi connectivity index (χ0) is 15.0. The molecule has 0 unspecified atom stereocenters. The van der Waals surface area contributed by atoms with Crippen molar-refractivity contribution in [3.8, 4) is 12.1 Å². The maximum absolute atomic E-state index is 10.7. The Balaban J connectivity index is 3.08. The number of benzene rings is 1. The van der Waals surface area contributed by atoms with Crippen molar-refractivity contribution < 1.29 is 10.0 Å². The quantitative estimate of drug-likeness (QED) is 0.395. The number of aliphatic hydroxyl groups excluding tert-OH is 1. The lowest BCUT2D eigenvalue weighted by Crippen LogP contribution is -2.08. The normalized spacial score (nSPS) is 8.95. The Kier molecular flexibility index (Phi) is 5.44. The van der Waals surface area contributed by atoms with Crippen LogP contribution >= 0.6 is 0 Å². The second-order valence-electron chi connectivity index (χ2n) is 3.43. The van der Waals surface area contributed by atoms with Crippen LogP contribution in [0.2, 0.25) is 0 Å². The van der Waals surface area contributed by atoms with Gasteiger partial charge in [0.15, 0.2) is 0 Å². The number of nitrogens with one attached hydrogen (secondary N) is 2. The van der Waals surface area contributed by atoms with E-state index in [1.807, 2.05) is 0 Å². The third-order valence-corrected chi connectivity index (χ3v) is 2.14. The summed E-state index contributed by atoms with van der Waals surface area (Å²) >= 11 is 0. The molecule has 3 N–H and O–H groups in total. The van der Waals surface area contributed by atoms with E-state index in [0.29, 0.717) is 5.69 Å². The molecule has 0 fully saturated rings. The fourth-order valence-corrected chi connectivity index (χ4v) is 1.27. The van der Waals surface area contributed by atoms with Crippen molar-refractivity contribution in [2.24, 2.45) is 5.10 Å². The molecule has 0 saturated heterocycles. The maximum atomic E-state index is 10.7. The van der Waals surface area contributed by atoms with Gasteiger partial charge in [0.05, 0.1) is 22.9 Å². The number of nitrogens with zero attached hydrogens (tertiary/aromatic N) is 4. The molecule has 0 aliphatic heterocycles. The van der Waals surface area contributed by atoms with Gasteiger partial charge >= 0.3 is 0 Å². The predicted octanol–water partition coefficient (Wildman–Crippen LogP) is 0.814. The van der Waals surface area contributed by atoms with Crippen LogP contribution in [0.5, 0.6) is 0 Å². The number of nitro benzene ring substituents is 1. The molecule has 0 amide bonds. The van der Waals surface area contributed by atoms with Gasteiger partial charge in [0.1, 0.15) is 12.1 Å². The van der Waals surface area contributed by atoms with Crippen molar-refractivity contribution in [3.05, 3.63) is 28.3 Å². The van der Waals surface area contributed by atoms with Crippen LogP contribution in [0, 0.1) is 32.8 Å². The van der Waals surface area contributed by atoms with Crippen molar-refractivity contribution in [1.29, 1.82) is 10.5 Å². The summed E-state index contributed by atoms with van der Waals surface area (Å²) in [5.74, 6) is 0. The lowest BCUT2D eigenvalue weighted by atomic mass is 10.2. The summed E-state index contributed by atoms with van der Waals surface area (Å²) in [6.45, 7) is 0.112. The zero-order valence-electron chi connectivity index (χ0n) is 10.2. The molecule has 9 heteroatoms. The van der Waals surface area contributed by atoms with Crippen LogP contribution in [0.25, 0.3) is 0 Å². The molecule has 0 atom stereocenters. The van der Waals surface area contributed by atoms with Crippen LogP contribution in [-0.2, 0) is 0 Å². The summed E-state index contributed by atoms with van der Waals surface area (Å²) in [4.78, 5) is 10.1. The highest BCUT2D eigenvalue weighted by Crippen LogP contribution is 2.26. The van der Waals surface area contributed by atoms with Crippen LogP contribution in [-0.4, -0.2) is 28.9 Å². The predicted molar refractivity (Wildman–Crippen MR) is 71.0 cm³/mol. The van der Waals surface area contributed by atoms with Crippen molar-refractivity contribution in [3.63, 3.8) is 0 Å². The first-order chi connectivity index (χ1) is 9.62. The van der Waals surface area contributed by atoms with Gasteiger partial charge in [-0.1, -0.05) is 0 Å². The Labute approximate surface area is 113 Å². The van der Waals surface area contributed by atoms with Gasteiger partial charge < -0.3 is 10.4 Å². The Morgan fingerprint density at radius 3 is 2.65 bits per heavy atom. The summed E-state index contributed by atoms with van der Waals surface area (Å²) < 4.78 is 0. The summed E-state index contributed by atoms with van der Waals surface area (Å²) in [6.07, 6.45) is 0. The van der Waals surface area contributed by atoms with E-state index >= 15 is 0 Å². The van der Waals surface area contributed by atoms with Crippen LogP contribution in [0.4, 0.5) is 17.1 Å². The highest BCUT2D eigenvalue weighted by atomic mass is 16.6. The van der Waals surface area contributed by atoms with Gasteiger partial charge in [-0.15, -0.1) is 0 Å². The number of nitriles is 2. The fraction of sp³-hybridized carbons (Fsp3) is 0.182. The molecule has 9 nitrogen and oxygen atoms in total. The first-order valence-corrected chi connectivity index (χ1v) is 5.39. The smallest absolute Gasteiger partial charge is 0.271 e. The van der Waals surface area contributed by atoms with Gasteiger partial charge in [0, 0.05) is 18.7 Å². The summed E-state index contributed by atoms with van der Waals surface area (Å²) in [6, 6.07) is 7.03.